The average molecular weight is 262 g/mol. The smallest absolute Gasteiger partial charge is 0.407 e. The molecule has 1 aromatic rings. The maximum absolute atomic E-state index is 12.2. The molecule has 1 N–H and O–H groups in total. The molecule has 0 aliphatic carbocycles. The Morgan fingerprint density at radius 2 is 1.95 bits per heavy atom. The zero-order valence-electron chi connectivity index (χ0n) is 11.0. The number of nitrogens with zero attached hydrogens (tertiary/aromatic N) is 2. The molecular formula is C14H18N2O3. The van der Waals surface area contributed by atoms with Gasteiger partial charge in [-0.15, -0.1) is 0 Å². The van der Waals surface area contributed by atoms with E-state index in [2.05, 4.69) is 0 Å². The number of carbonyl (C=O) groups is 2. The third kappa shape index (κ3) is 3.24. The highest BCUT2D eigenvalue weighted by Gasteiger charge is 2.29. The summed E-state index contributed by atoms with van der Waals surface area (Å²) >= 11 is 0. The fraction of sp³-hybridized carbons (Fsp3) is 0.429. The van der Waals surface area contributed by atoms with Crippen molar-refractivity contribution in [1.29, 1.82) is 0 Å². The topological polar surface area (TPSA) is 60.9 Å². The largest absolute Gasteiger partial charge is 0.465 e. The number of hydrogen-bond donors (Lipinski definition) is 1. The Morgan fingerprint density at radius 1 is 1.26 bits per heavy atom. The van der Waals surface area contributed by atoms with E-state index in [0.717, 1.165) is 5.56 Å². The predicted octanol–water partition coefficient (Wildman–Crippen LogP) is 1.44. The Labute approximate surface area is 112 Å². The molecule has 1 aromatic carbocycles. The molecule has 1 aliphatic heterocycles. The Hall–Kier alpha value is -2.04. The molecule has 2 amide bonds. The van der Waals surface area contributed by atoms with Crippen molar-refractivity contribution < 1.29 is 14.7 Å². The van der Waals surface area contributed by atoms with Crippen LogP contribution in [0.15, 0.2) is 30.3 Å². The van der Waals surface area contributed by atoms with Crippen LogP contribution in [0.5, 0.6) is 0 Å². The highest BCUT2D eigenvalue weighted by atomic mass is 16.4. The van der Waals surface area contributed by atoms with Gasteiger partial charge in [0.1, 0.15) is 0 Å². The molecular weight excluding hydrogens is 244 g/mol. The molecule has 102 valence electrons. The summed E-state index contributed by atoms with van der Waals surface area (Å²) in [6, 6.07) is 9.53. The van der Waals surface area contributed by atoms with E-state index in [0.29, 0.717) is 26.1 Å². The summed E-state index contributed by atoms with van der Waals surface area (Å²) in [7, 11) is 0. The lowest BCUT2D eigenvalue weighted by molar-refractivity contribution is -0.134. The van der Waals surface area contributed by atoms with E-state index >= 15 is 0 Å². The molecule has 19 heavy (non-hydrogen) atoms. The van der Waals surface area contributed by atoms with Gasteiger partial charge < -0.3 is 14.9 Å². The molecule has 1 heterocycles. The lowest BCUT2D eigenvalue weighted by Gasteiger charge is -2.38. The minimum Gasteiger partial charge on any atom is -0.465 e. The van der Waals surface area contributed by atoms with Gasteiger partial charge in [0.25, 0.3) is 0 Å². The molecule has 5 heteroatoms. The summed E-state index contributed by atoms with van der Waals surface area (Å²) in [6.45, 7) is 3.13. The van der Waals surface area contributed by atoms with Crippen molar-refractivity contribution in [2.45, 2.75) is 19.4 Å². The Balaban J connectivity index is 1.95. The van der Waals surface area contributed by atoms with Gasteiger partial charge in [0.15, 0.2) is 0 Å². The second-order valence-corrected chi connectivity index (χ2v) is 4.83. The first-order valence-electron chi connectivity index (χ1n) is 6.39. The van der Waals surface area contributed by atoms with Gasteiger partial charge in [-0.3, -0.25) is 4.79 Å². The molecule has 0 spiro atoms. The zero-order chi connectivity index (χ0) is 13.8. The number of carbonyl (C=O) groups excluding carboxylic acids is 1. The van der Waals surface area contributed by atoms with Gasteiger partial charge in [-0.25, -0.2) is 4.79 Å². The number of amides is 2. The van der Waals surface area contributed by atoms with Crippen LogP contribution in [0.4, 0.5) is 4.79 Å². The molecule has 0 bridgehead atoms. The van der Waals surface area contributed by atoms with E-state index in [-0.39, 0.29) is 11.9 Å². The number of benzene rings is 1. The fourth-order valence-corrected chi connectivity index (χ4v) is 2.37. The lowest BCUT2D eigenvalue weighted by Crippen LogP contribution is -2.55. The van der Waals surface area contributed by atoms with Crippen LogP contribution >= 0.6 is 0 Å². The van der Waals surface area contributed by atoms with Crippen LogP contribution in [0.1, 0.15) is 12.5 Å². The summed E-state index contributed by atoms with van der Waals surface area (Å²) in [5.41, 5.74) is 0.986. The number of rotatable bonds is 2. The summed E-state index contributed by atoms with van der Waals surface area (Å²) < 4.78 is 0. The average Bonchev–Trinajstić information content (AvgIpc) is 2.39. The molecule has 1 aliphatic rings. The molecule has 1 atom stereocenters. The van der Waals surface area contributed by atoms with Crippen LogP contribution in [0, 0.1) is 0 Å². The molecule has 1 saturated heterocycles. The summed E-state index contributed by atoms with van der Waals surface area (Å²) in [6.07, 6.45) is -0.542. The zero-order valence-corrected chi connectivity index (χ0v) is 11.0. The fourth-order valence-electron chi connectivity index (χ4n) is 2.37. The quantitative estimate of drug-likeness (QED) is 0.877. The van der Waals surface area contributed by atoms with Crippen molar-refractivity contribution in [2.24, 2.45) is 0 Å². The van der Waals surface area contributed by atoms with Crippen molar-refractivity contribution >= 4 is 12.0 Å². The van der Waals surface area contributed by atoms with E-state index < -0.39 is 6.09 Å². The second kappa shape index (κ2) is 5.73. The van der Waals surface area contributed by atoms with E-state index in [4.69, 9.17) is 5.11 Å². The van der Waals surface area contributed by atoms with Gasteiger partial charge in [0, 0.05) is 25.7 Å². The number of hydrogen-bond acceptors (Lipinski definition) is 2. The lowest BCUT2D eigenvalue weighted by atomic mass is 10.1. The Kier molecular flexibility index (Phi) is 4.04. The molecule has 2 rings (SSSR count). The Bertz CT molecular complexity index is 461. The molecule has 1 fully saturated rings. The van der Waals surface area contributed by atoms with Gasteiger partial charge in [-0.2, -0.15) is 0 Å². The second-order valence-electron chi connectivity index (χ2n) is 4.83. The summed E-state index contributed by atoms with van der Waals surface area (Å²) in [5.74, 6) is 0.0590. The number of piperazine rings is 1. The monoisotopic (exact) mass is 262 g/mol. The maximum atomic E-state index is 12.2. The Morgan fingerprint density at radius 3 is 2.53 bits per heavy atom. The highest BCUT2D eigenvalue weighted by Crippen LogP contribution is 2.12. The minimum atomic E-state index is -0.915. The van der Waals surface area contributed by atoms with Crippen molar-refractivity contribution in [3.8, 4) is 0 Å². The van der Waals surface area contributed by atoms with E-state index in [1.807, 2.05) is 37.3 Å². The first-order chi connectivity index (χ1) is 9.08. The van der Waals surface area contributed by atoms with E-state index in [9.17, 15) is 9.59 Å². The summed E-state index contributed by atoms with van der Waals surface area (Å²) in [4.78, 5) is 26.2. The highest BCUT2D eigenvalue weighted by molar-refractivity contribution is 5.79. The first kappa shape index (κ1) is 13.4. The van der Waals surface area contributed by atoms with Crippen LogP contribution in [0.2, 0.25) is 0 Å². The number of carboxylic acid groups (broad SMARTS) is 1. The first-order valence-corrected chi connectivity index (χ1v) is 6.39. The van der Waals surface area contributed by atoms with Gasteiger partial charge >= 0.3 is 6.09 Å². The van der Waals surface area contributed by atoms with Crippen LogP contribution in [0.3, 0.4) is 0 Å². The molecule has 5 nitrogen and oxygen atoms in total. The van der Waals surface area contributed by atoms with E-state index in [1.54, 1.807) is 4.90 Å². The van der Waals surface area contributed by atoms with Crippen molar-refractivity contribution in [2.75, 3.05) is 19.6 Å². The molecule has 0 aromatic heterocycles. The van der Waals surface area contributed by atoms with Crippen LogP contribution in [0.25, 0.3) is 0 Å². The van der Waals surface area contributed by atoms with Gasteiger partial charge in [-0.1, -0.05) is 30.3 Å². The van der Waals surface area contributed by atoms with Crippen LogP contribution in [-0.4, -0.2) is 52.6 Å². The van der Waals surface area contributed by atoms with E-state index in [1.165, 1.54) is 4.90 Å². The van der Waals surface area contributed by atoms with Gasteiger partial charge in [-0.05, 0) is 12.5 Å². The van der Waals surface area contributed by atoms with Gasteiger partial charge in [0.05, 0.1) is 6.42 Å². The molecule has 0 radical (unpaired) electrons. The third-order valence-corrected chi connectivity index (χ3v) is 3.42. The molecule has 0 unspecified atom stereocenters. The van der Waals surface area contributed by atoms with Crippen LogP contribution < -0.4 is 0 Å². The minimum absolute atomic E-state index is 0.0590. The van der Waals surface area contributed by atoms with Crippen molar-refractivity contribution in [3.05, 3.63) is 35.9 Å². The normalized spacial score (nSPS) is 19.3. The maximum Gasteiger partial charge on any atom is 0.407 e. The third-order valence-electron chi connectivity index (χ3n) is 3.42. The standard InChI is InChI=1S/C14H18N2O3/c1-11-10-15(14(18)19)7-8-16(11)13(17)9-12-5-3-2-4-6-12/h2-6,11H,7-10H2,1H3,(H,18,19)/t11-/m0/s1. The molecule has 0 saturated carbocycles. The van der Waals surface area contributed by atoms with Crippen molar-refractivity contribution in [3.63, 3.8) is 0 Å². The van der Waals surface area contributed by atoms with Crippen molar-refractivity contribution in [1.82, 2.24) is 9.80 Å². The summed E-state index contributed by atoms with van der Waals surface area (Å²) in [5, 5.41) is 8.94. The van der Waals surface area contributed by atoms with Gasteiger partial charge in [0.2, 0.25) is 5.91 Å². The SMILES string of the molecule is C[C@H]1CN(C(=O)O)CCN1C(=O)Cc1ccccc1. The predicted molar refractivity (Wildman–Crippen MR) is 70.9 cm³/mol. The van der Waals surface area contributed by atoms with Crippen LogP contribution in [-0.2, 0) is 11.2 Å².